The summed E-state index contributed by atoms with van der Waals surface area (Å²) >= 11 is 1.00. The normalized spacial score (nSPS) is 10.2. The SMILES string of the molecule is CN(C=O)c1nc(C=O)c(-c2occc2C(=O)O)s1. The number of furan rings is 1. The fraction of sp³-hybridized carbons (Fsp3) is 0.0909. The minimum Gasteiger partial charge on any atom is -0.478 e. The van der Waals surface area contributed by atoms with Gasteiger partial charge in [0.15, 0.2) is 17.2 Å². The Bertz CT molecular complexity index is 645. The van der Waals surface area contributed by atoms with Gasteiger partial charge in [-0.05, 0) is 6.07 Å². The predicted molar refractivity (Wildman–Crippen MR) is 66.6 cm³/mol. The highest BCUT2D eigenvalue weighted by Crippen LogP contribution is 2.36. The highest BCUT2D eigenvalue weighted by Gasteiger charge is 2.22. The van der Waals surface area contributed by atoms with Crippen LogP contribution >= 0.6 is 11.3 Å². The van der Waals surface area contributed by atoms with Crippen LogP contribution in [0, 0.1) is 0 Å². The van der Waals surface area contributed by atoms with E-state index in [1.165, 1.54) is 24.3 Å². The van der Waals surface area contributed by atoms with Gasteiger partial charge in [0.1, 0.15) is 16.1 Å². The Kier molecular flexibility index (Phi) is 3.43. The molecule has 0 radical (unpaired) electrons. The van der Waals surface area contributed by atoms with Crippen LogP contribution in [0.5, 0.6) is 0 Å². The lowest BCUT2D eigenvalue weighted by molar-refractivity contribution is -0.107. The molecular formula is C11H8N2O5S. The first kappa shape index (κ1) is 13.0. The van der Waals surface area contributed by atoms with Gasteiger partial charge in [-0.3, -0.25) is 14.5 Å². The molecule has 0 aromatic carbocycles. The first-order valence-corrected chi connectivity index (χ1v) is 5.85. The molecule has 19 heavy (non-hydrogen) atoms. The van der Waals surface area contributed by atoms with Crippen molar-refractivity contribution in [1.29, 1.82) is 0 Å². The number of carboxylic acids is 1. The van der Waals surface area contributed by atoms with E-state index in [4.69, 9.17) is 9.52 Å². The molecule has 1 N–H and O–H groups in total. The summed E-state index contributed by atoms with van der Waals surface area (Å²) < 4.78 is 5.11. The number of carbonyl (C=O) groups excluding carboxylic acids is 2. The predicted octanol–water partition coefficient (Wildman–Crippen LogP) is 1.51. The molecule has 2 aromatic heterocycles. The van der Waals surface area contributed by atoms with Gasteiger partial charge in [-0.15, -0.1) is 0 Å². The van der Waals surface area contributed by atoms with E-state index in [-0.39, 0.29) is 27.0 Å². The number of carboxylic acid groups (broad SMARTS) is 1. The van der Waals surface area contributed by atoms with Crippen LogP contribution in [0.1, 0.15) is 20.8 Å². The van der Waals surface area contributed by atoms with Gasteiger partial charge in [0.05, 0.1) is 6.26 Å². The lowest BCUT2D eigenvalue weighted by Gasteiger charge is -2.03. The quantitative estimate of drug-likeness (QED) is 0.833. The van der Waals surface area contributed by atoms with Crippen LogP contribution in [-0.4, -0.2) is 35.8 Å². The smallest absolute Gasteiger partial charge is 0.339 e. The van der Waals surface area contributed by atoms with E-state index >= 15 is 0 Å². The molecule has 0 aliphatic heterocycles. The number of thiazole rings is 1. The molecule has 0 aliphatic rings. The molecule has 2 heterocycles. The minimum absolute atomic E-state index is 0.0335. The Balaban J connectivity index is 2.58. The van der Waals surface area contributed by atoms with E-state index in [2.05, 4.69) is 4.98 Å². The van der Waals surface area contributed by atoms with E-state index in [1.54, 1.807) is 0 Å². The fourth-order valence-electron chi connectivity index (χ4n) is 1.41. The average Bonchev–Trinajstić information content (AvgIpc) is 3.03. The van der Waals surface area contributed by atoms with E-state index in [9.17, 15) is 14.4 Å². The lowest BCUT2D eigenvalue weighted by atomic mass is 10.2. The zero-order valence-corrected chi connectivity index (χ0v) is 10.5. The molecule has 1 amide bonds. The summed E-state index contributed by atoms with van der Waals surface area (Å²) in [7, 11) is 1.48. The zero-order chi connectivity index (χ0) is 14.0. The summed E-state index contributed by atoms with van der Waals surface area (Å²) in [6, 6.07) is 1.29. The number of anilines is 1. The molecule has 2 aromatic rings. The second-order valence-electron chi connectivity index (χ2n) is 3.51. The Morgan fingerprint density at radius 3 is 2.84 bits per heavy atom. The summed E-state index contributed by atoms with van der Waals surface area (Å²) in [4.78, 5) is 38.1. The van der Waals surface area contributed by atoms with Crippen LogP contribution in [0.3, 0.4) is 0 Å². The molecule has 0 bridgehead atoms. The van der Waals surface area contributed by atoms with Gasteiger partial charge in [-0.25, -0.2) is 9.78 Å². The van der Waals surface area contributed by atoms with Crippen molar-refractivity contribution < 1.29 is 23.9 Å². The van der Waals surface area contributed by atoms with Crippen molar-refractivity contribution in [1.82, 2.24) is 4.98 Å². The van der Waals surface area contributed by atoms with Gasteiger partial charge in [0.2, 0.25) is 6.41 Å². The van der Waals surface area contributed by atoms with Gasteiger partial charge in [-0.2, -0.15) is 0 Å². The summed E-state index contributed by atoms with van der Waals surface area (Å²) in [5.41, 5.74) is -0.0294. The largest absolute Gasteiger partial charge is 0.478 e. The molecule has 98 valence electrons. The standard InChI is InChI=1S/C11H8N2O5S/c1-13(5-15)11-12-7(4-14)9(19-11)8-6(10(16)17)2-3-18-8/h2-5H,1H3,(H,16,17). The van der Waals surface area contributed by atoms with Crippen molar-refractivity contribution in [2.24, 2.45) is 0 Å². The molecule has 8 heteroatoms. The third-order valence-electron chi connectivity index (χ3n) is 2.32. The number of rotatable bonds is 5. The van der Waals surface area contributed by atoms with Gasteiger partial charge in [0, 0.05) is 7.05 Å². The van der Waals surface area contributed by atoms with Crippen LogP contribution in [0.4, 0.5) is 5.13 Å². The number of hydrogen-bond donors (Lipinski definition) is 1. The number of nitrogens with zero attached hydrogens (tertiary/aromatic N) is 2. The number of hydrogen-bond acceptors (Lipinski definition) is 6. The number of aromatic carboxylic acids is 1. The minimum atomic E-state index is -1.17. The highest BCUT2D eigenvalue weighted by molar-refractivity contribution is 7.19. The Labute approximate surface area is 111 Å². The first-order valence-electron chi connectivity index (χ1n) is 5.03. The fourth-order valence-corrected chi connectivity index (χ4v) is 2.37. The molecule has 0 atom stereocenters. The van der Waals surface area contributed by atoms with Gasteiger partial charge >= 0.3 is 5.97 Å². The Morgan fingerprint density at radius 2 is 2.26 bits per heavy atom. The maximum Gasteiger partial charge on any atom is 0.339 e. The van der Waals surface area contributed by atoms with Crippen molar-refractivity contribution in [2.45, 2.75) is 0 Å². The summed E-state index contributed by atoms with van der Waals surface area (Å²) in [5, 5.41) is 9.29. The first-order chi connectivity index (χ1) is 9.08. The topological polar surface area (TPSA) is 101 Å². The highest BCUT2D eigenvalue weighted by atomic mass is 32.1. The monoisotopic (exact) mass is 280 g/mol. The molecule has 0 spiro atoms. The van der Waals surface area contributed by atoms with Crippen LogP contribution in [0.25, 0.3) is 10.6 Å². The second kappa shape index (κ2) is 5.02. The van der Waals surface area contributed by atoms with Crippen LogP contribution in [0.2, 0.25) is 0 Å². The van der Waals surface area contributed by atoms with Gasteiger partial charge < -0.3 is 9.52 Å². The van der Waals surface area contributed by atoms with Crippen molar-refractivity contribution >= 4 is 35.1 Å². The van der Waals surface area contributed by atoms with Crippen molar-refractivity contribution in [3.8, 4) is 10.6 Å². The van der Waals surface area contributed by atoms with E-state index in [0.717, 1.165) is 11.3 Å². The number of aldehydes is 1. The van der Waals surface area contributed by atoms with E-state index < -0.39 is 5.97 Å². The van der Waals surface area contributed by atoms with Crippen LogP contribution < -0.4 is 4.90 Å². The van der Waals surface area contributed by atoms with Crippen LogP contribution in [-0.2, 0) is 4.79 Å². The van der Waals surface area contributed by atoms with Crippen molar-refractivity contribution in [3.63, 3.8) is 0 Å². The molecule has 0 aliphatic carbocycles. The van der Waals surface area contributed by atoms with E-state index in [0.29, 0.717) is 12.7 Å². The molecule has 0 unspecified atom stereocenters. The molecule has 0 saturated carbocycles. The maximum absolute atomic E-state index is 11.0. The van der Waals surface area contributed by atoms with E-state index in [1.807, 2.05) is 0 Å². The average molecular weight is 280 g/mol. The molecule has 7 nitrogen and oxygen atoms in total. The second-order valence-corrected chi connectivity index (χ2v) is 4.49. The van der Waals surface area contributed by atoms with Crippen molar-refractivity contribution in [3.05, 3.63) is 23.6 Å². The Morgan fingerprint density at radius 1 is 1.53 bits per heavy atom. The third-order valence-corrected chi connectivity index (χ3v) is 3.48. The molecule has 2 rings (SSSR count). The third kappa shape index (κ3) is 2.25. The number of aromatic nitrogens is 1. The maximum atomic E-state index is 11.0. The van der Waals surface area contributed by atoms with Gasteiger partial charge in [0.25, 0.3) is 0 Å². The van der Waals surface area contributed by atoms with Gasteiger partial charge in [-0.1, -0.05) is 11.3 Å². The molecular weight excluding hydrogens is 272 g/mol. The lowest BCUT2D eigenvalue weighted by Crippen LogP contribution is -2.13. The molecule has 0 saturated heterocycles. The molecule has 0 fully saturated rings. The summed E-state index contributed by atoms with van der Waals surface area (Å²) in [6.45, 7) is 0. The zero-order valence-electron chi connectivity index (χ0n) is 9.69. The summed E-state index contributed by atoms with van der Waals surface area (Å²) in [5.74, 6) is -1.11. The van der Waals surface area contributed by atoms with Crippen molar-refractivity contribution in [2.75, 3.05) is 11.9 Å². The number of amides is 1. The summed E-state index contributed by atoms with van der Waals surface area (Å²) in [6.07, 6.45) is 2.25. The number of carbonyl (C=O) groups is 3. The van der Waals surface area contributed by atoms with Crippen LogP contribution in [0.15, 0.2) is 16.7 Å². The Hall–Kier alpha value is -2.48.